The smallest absolute Gasteiger partial charge is 0.259 e. The zero-order valence-electron chi connectivity index (χ0n) is 10.2. The molecule has 1 aromatic rings. The first-order chi connectivity index (χ1) is 7.57. The molecule has 16 heavy (non-hydrogen) atoms. The van der Waals surface area contributed by atoms with Crippen molar-refractivity contribution in [2.45, 2.75) is 26.8 Å². The molecule has 0 spiro atoms. The van der Waals surface area contributed by atoms with E-state index in [0.717, 1.165) is 0 Å². The molecule has 0 aromatic carbocycles. The second-order valence-corrected chi connectivity index (χ2v) is 3.80. The minimum Gasteiger partial charge on any atom is -0.477 e. The number of amides is 1. The highest BCUT2D eigenvalue weighted by Crippen LogP contribution is 2.17. The Kier molecular flexibility index (Phi) is 4.28. The number of rotatable bonds is 4. The Labute approximate surface area is 96.2 Å². The number of carbonyl (C=O) groups excluding carboxylic acids is 1. The quantitative estimate of drug-likeness (QED) is 0.782. The van der Waals surface area contributed by atoms with Crippen molar-refractivity contribution in [2.75, 3.05) is 13.7 Å². The Morgan fingerprint density at radius 2 is 2.25 bits per heavy atom. The zero-order valence-corrected chi connectivity index (χ0v) is 10.2. The van der Waals surface area contributed by atoms with Crippen LogP contribution < -0.4 is 4.74 Å². The monoisotopic (exact) mass is 222 g/mol. The van der Waals surface area contributed by atoms with Gasteiger partial charge in [-0.25, -0.2) is 4.98 Å². The summed E-state index contributed by atoms with van der Waals surface area (Å²) in [6, 6.07) is 3.63. The van der Waals surface area contributed by atoms with Gasteiger partial charge in [-0.05, 0) is 32.9 Å². The molecule has 1 aromatic heterocycles. The van der Waals surface area contributed by atoms with E-state index in [1.165, 1.54) is 0 Å². The molecular formula is C12H18N2O2. The lowest BCUT2D eigenvalue weighted by molar-refractivity contribution is 0.0750. The van der Waals surface area contributed by atoms with E-state index in [2.05, 4.69) is 4.98 Å². The third-order valence-electron chi connectivity index (χ3n) is 2.38. The van der Waals surface area contributed by atoms with E-state index in [1.807, 2.05) is 20.8 Å². The Morgan fingerprint density at radius 1 is 1.56 bits per heavy atom. The Bertz CT molecular complexity index is 364. The van der Waals surface area contributed by atoms with E-state index in [9.17, 15) is 4.79 Å². The second-order valence-electron chi connectivity index (χ2n) is 3.80. The fourth-order valence-electron chi connectivity index (χ4n) is 1.23. The SMILES string of the molecule is CCOc1ncccc1C(=O)N(C)C(C)C. The Balaban J connectivity index is 2.98. The standard InChI is InChI=1S/C12H18N2O2/c1-5-16-11-10(7-6-8-13-11)12(15)14(4)9(2)3/h6-9H,5H2,1-4H3. The molecule has 0 atom stereocenters. The highest BCUT2D eigenvalue weighted by atomic mass is 16.5. The van der Waals surface area contributed by atoms with E-state index in [4.69, 9.17) is 4.74 Å². The molecule has 0 unspecified atom stereocenters. The molecular weight excluding hydrogens is 204 g/mol. The second kappa shape index (κ2) is 5.49. The summed E-state index contributed by atoms with van der Waals surface area (Å²) in [4.78, 5) is 17.8. The van der Waals surface area contributed by atoms with Gasteiger partial charge >= 0.3 is 0 Å². The maximum atomic E-state index is 12.1. The molecule has 0 N–H and O–H groups in total. The number of aromatic nitrogens is 1. The zero-order chi connectivity index (χ0) is 12.1. The average Bonchev–Trinajstić information content (AvgIpc) is 2.28. The summed E-state index contributed by atoms with van der Waals surface area (Å²) < 4.78 is 5.33. The lowest BCUT2D eigenvalue weighted by Crippen LogP contribution is -2.33. The number of carbonyl (C=O) groups is 1. The van der Waals surface area contributed by atoms with Gasteiger partial charge in [0.1, 0.15) is 5.56 Å². The first-order valence-corrected chi connectivity index (χ1v) is 5.42. The summed E-state index contributed by atoms with van der Waals surface area (Å²) in [6.07, 6.45) is 1.62. The molecule has 0 bridgehead atoms. The van der Waals surface area contributed by atoms with Crippen LogP contribution in [0.1, 0.15) is 31.1 Å². The summed E-state index contributed by atoms with van der Waals surface area (Å²) in [5.74, 6) is 0.342. The summed E-state index contributed by atoms with van der Waals surface area (Å²) in [7, 11) is 1.77. The molecule has 88 valence electrons. The third kappa shape index (κ3) is 2.72. The lowest BCUT2D eigenvalue weighted by atomic mass is 10.2. The molecule has 1 amide bonds. The van der Waals surface area contributed by atoms with E-state index in [1.54, 1.807) is 30.3 Å². The minimum atomic E-state index is -0.0634. The number of hydrogen-bond donors (Lipinski definition) is 0. The van der Waals surface area contributed by atoms with Crippen molar-refractivity contribution in [3.8, 4) is 5.88 Å². The van der Waals surface area contributed by atoms with E-state index >= 15 is 0 Å². The van der Waals surface area contributed by atoms with Crippen LogP contribution in [0.5, 0.6) is 5.88 Å². The molecule has 4 heteroatoms. The van der Waals surface area contributed by atoms with Crippen molar-refractivity contribution >= 4 is 5.91 Å². The topological polar surface area (TPSA) is 42.4 Å². The maximum Gasteiger partial charge on any atom is 0.259 e. The molecule has 1 rings (SSSR count). The van der Waals surface area contributed by atoms with Crippen molar-refractivity contribution in [3.05, 3.63) is 23.9 Å². The average molecular weight is 222 g/mol. The van der Waals surface area contributed by atoms with Gasteiger partial charge in [0, 0.05) is 19.3 Å². The molecule has 0 aliphatic heterocycles. The van der Waals surface area contributed by atoms with Crippen LogP contribution in [0.3, 0.4) is 0 Å². The van der Waals surface area contributed by atoms with Crippen LogP contribution in [0.15, 0.2) is 18.3 Å². The van der Waals surface area contributed by atoms with Crippen LogP contribution in [-0.4, -0.2) is 35.5 Å². The predicted octanol–water partition coefficient (Wildman–Crippen LogP) is 1.96. The van der Waals surface area contributed by atoms with E-state index < -0.39 is 0 Å². The van der Waals surface area contributed by atoms with Gasteiger partial charge in [-0.15, -0.1) is 0 Å². The Morgan fingerprint density at radius 3 is 2.81 bits per heavy atom. The van der Waals surface area contributed by atoms with Gasteiger partial charge in [0.25, 0.3) is 5.91 Å². The normalized spacial score (nSPS) is 10.3. The fourth-order valence-corrected chi connectivity index (χ4v) is 1.23. The van der Waals surface area contributed by atoms with Crippen molar-refractivity contribution in [1.82, 2.24) is 9.88 Å². The van der Waals surface area contributed by atoms with Gasteiger partial charge < -0.3 is 9.64 Å². The molecule has 1 heterocycles. The molecule has 0 saturated carbocycles. The molecule has 4 nitrogen and oxygen atoms in total. The number of nitrogens with zero attached hydrogens (tertiary/aromatic N) is 2. The summed E-state index contributed by atoms with van der Waals surface area (Å²) >= 11 is 0. The molecule has 0 aliphatic carbocycles. The van der Waals surface area contributed by atoms with Gasteiger partial charge in [-0.3, -0.25) is 4.79 Å². The highest BCUT2D eigenvalue weighted by molar-refractivity contribution is 5.96. The van der Waals surface area contributed by atoms with Crippen LogP contribution in [-0.2, 0) is 0 Å². The number of ether oxygens (including phenoxy) is 1. The van der Waals surface area contributed by atoms with Gasteiger partial charge in [0.2, 0.25) is 5.88 Å². The maximum absolute atomic E-state index is 12.1. The molecule has 0 radical (unpaired) electrons. The number of hydrogen-bond acceptors (Lipinski definition) is 3. The Hall–Kier alpha value is -1.58. The van der Waals surface area contributed by atoms with Crippen LogP contribution in [0.2, 0.25) is 0 Å². The van der Waals surface area contributed by atoms with Gasteiger partial charge in [0.05, 0.1) is 6.61 Å². The summed E-state index contributed by atoms with van der Waals surface area (Å²) in [6.45, 7) is 6.31. The van der Waals surface area contributed by atoms with E-state index in [-0.39, 0.29) is 11.9 Å². The third-order valence-corrected chi connectivity index (χ3v) is 2.38. The van der Waals surface area contributed by atoms with Crippen molar-refractivity contribution in [3.63, 3.8) is 0 Å². The molecule has 0 aliphatic rings. The molecule has 0 saturated heterocycles. The fraction of sp³-hybridized carbons (Fsp3) is 0.500. The van der Waals surface area contributed by atoms with Gasteiger partial charge in [-0.1, -0.05) is 0 Å². The number of pyridine rings is 1. The van der Waals surface area contributed by atoms with Crippen molar-refractivity contribution in [1.29, 1.82) is 0 Å². The first-order valence-electron chi connectivity index (χ1n) is 5.42. The predicted molar refractivity (Wildman–Crippen MR) is 62.6 cm³/mol. The molecule has 0 fully saturated rings. The minimum absolute atomic E-state index is 0.0634. The lowest BCUT2D eigenvalue weighted by Gasteiger charge is -2.22. The van der Waals surface area contributed by atoms with Crippen LogP contribution in [0.25, 0.3) is 0 Å². The summed E-state index contributed by atoms with van der Waals surface area (Å²) in [5.41, 5.74) is 0.514. The van der Waals surface area contributed by atoms with Gasteiger partial charge in [-0.2, -0.15) is 0 Å². The van der Waals surface area contributed by atoms with Crippen molar-refractivity contribution < 1.29 is 9.53 Å². The van der Waals surface area contributed by atoms with Crippen molar-refractivity contribution in [2.24, 2.45) is 0 Å². The van der Waals surface area contributed by atoms with Crippen LogP contribution in [0.4, 0.5) is 0 Å². The van der Waals surface area contributed by atoms with E-state index in [0.29, 0.717) is 18.1 Å². The van der Waals surface area contributed by atoms with Gasteiger partial charge in [0.15, 0.2) is 0 Å². The summed E-state index contributed by atoms with van der Waals surface area (Å²) in [5, 5.41) is 0. The van der Waals surface area contributed by atoms with Crippen LogP contribution >= 0.6 is 0 Å². The largest absolute Gasteiger partial charge is 0.477 e. The first kappa shape index (κ1) is 12.5. The highest BCUT2D eigenvalue weighted by Gasteiger charge is 2.18. The van der Waals surface area contributed by atoms with Crippen LogP contribution in [0, 0.1) is 0 Å².